The zero-order valence-corrected chi connectivity index (χ0v) is 12.1. The standard InChI is InChI=1S/C16H13ClNS/c1-18-14-4-2-3-5-15(14)19-16(18)11-8-12-6-9-13(17)10-7-12/h2-11H,1H3/q+1/b11-8-. The van der Waals surface area contributed by atoms with Crippen molar-refractivity contribution < 1.29 is 4.57 Å². The Morgan fingerprint density at radius 1 is 1.00 bits per heavy atom. The van der Waals surface area contributed by atoms with Crippen LogP contribution in [0.3, 0.4) is 0 Å². The molecule has 0 atom stereocenters. The highest BCUT2D eigenvalue weighted by Gasteiger charge is 2.12. The fraction of sp³-hybridized carbons (Fsp3) is 0.0625. The molecule has 0 aliphatic rings. The molecule has 0 unspecified atom stereocenters. The molecule has 0 fully saturated rings. The fourth-order valence-corrected chi connectivity index (χ4v) is 3.19. The van der Waals surface area contributed by atoms with Crippen LogP contribution in [0.2, 0.25) is 5.02 Å². The highest BCUT2D eigenvalue weighted by Crippen LogP contribution is 2.21. The van der Waals surface area contributed by atoms with Gasteiger partial charge in [-0.2, -0.15) is 4.57 Å². The predicted octanol–water partition coefficient (Wildman–Crippen LogP) is 4.55. The van der Waals surface area contributed by atoms with Crippen molar-refractivity contribution in [3.05, 3.63) is 64.1 Å². The highest BCUT2D eigenvalue weighted by molar-refractivity contribution is 7.18. The third-order valence-electron chi connectivity index (χ3n) is 3.06. The summed E-state index contributed by atoms with van der Waals surface area (Å²) in [5.74, 6) is 0. The van der Waals surface area contributed by atoms with Crippen LogP contribution in [0.1, 0.15) is 10.6 Å². The molecular formula is C16H13ClNS+. The van der Waals surface area contributed by atoms with Crippen LogP contribution in [0.15, 0.2) is 48.5 Å². The van der Waals surface area contributed by atoms with Gasteiger partial charge >= 0.3 is 0 Å². The van der Waals surface area contributed by atoms with Gasteiger partial charge in [-0.15, -0.1) is 0 Å². The average Bonchev–Trinajstić information content (AvgIpc) is 2.76. The van der Waals surface area contributed by atoms with Crippen LogP contribution in [0.4, 0.5) is 0 Å². The van der Waals surface area contributed by atoms with E-state index >= 15 is 0 Å². The van der Waals surface area contributed by atoms with Crippen LogP contribution in [-0.4, -0.2) is 0 Å². The second kappa shape index (κ2) is 5.16. The van der Waals surface area contributed by atoms with E-state index in [-0.39, 0.29) is 0 Å². The summed E-state index contributed by atoms with van der Waals surface area (Å²) in [5, 5.41) is 2.00. The Labute approximate surface area is 121 Å². The molecule has 1 heterocycles. The molecule has 0 saturated carbocycles. The summed E-state index contributed by atoms with van der Waals surface area (Å²) in [6.45, 7) is 0. The molecule has 0 amide bonds. The number of hydrogen-bond acceptors (Lipinski definition) is 1. The molecule has 0 spiro atoms. The lowest BCUT2D eigenvalue weighted by atomic mass is 10.2. The summed E-state index contributed by atoms with van der Waals surface area (Å²) in [7, 11) is 2.10. The van der Waals surface area contributed by atoms with Crippen molar-refractivity contribution >= 4 is 45.3 Å². The summed E-state index contributed by atoms with van der Waals surface area (Å²) in [6, 6.07) is 16.3. The maximum atomic E-state index is 5.88. The summed E-state index contributed by atoms with van der Waals surface area (Å²) >= 11 is 7.68. The average molecular weight is 287 g/mol. The van der Waals surface area contributed by atoms with Gasteiger partial charge in [0.25, 0.3) is 5.01 Å². The zero-order valence-electron chi connectivity index (χ0n) is 10.5. The molecule has 0 N–H and O–H groups in total. The number of para-hydroxylation sites is 1. The van der Waals surface area contributed by atoms with Crippen molar-refractivity contribution in [3.63, 3.8) is 0 Å². The number of nitrogens with zero attached hydrogens (tertiary/aromatic N) is 1. The van der Waals surface area contributed by atoms with Crippen molar-refractivity contribution in [3.8, 4) is 0 Å². The van der Waals surface area contributed by atoms with E-state index in [1.54, 1.807) is 11.3 Å². The van der Waals surface area contributed by atoms with Gasteiger partial charge in [-0.05, 0) is 29.8 Å². The molecule has 19 heavy (non-hydrogen) atoms. The molecule has 3 heteroatoms. The Morgan fingerprint density at radius 2 is 1.74 bits per heavy atom. The number of fused-ring (bicyclic) bond motifs is 1. The minimum Gasteiger partial charge on any atom is -0.185 e. The molecule has 1 aromatic heterocycles. The number of benzene rings is 2. The number of aromatic nitrogens is 1. The van der Waals surface area contributed by atoms with Crippen LogP contribution in [0.5, 0.6) is 0 Å². The van der Waals surface area contributed by atoms with E-state index < -0.39 is 0 Å². The van der Waals surface area contributed by atoms with Gasteiger partial charge in [0.15, 0.2) is 0 Å². The second-order valence-electron chi connectivity index (χ2n) is 4.35. The van der Waals surface area contributed by atoms with Crippen molar-refractivity contribution in [2.75, 3.05) is 0 Å². The minimum absolute atomic E-state index is 0.768. The van der Waals surface area contributed by atoms with E-state index in [2.05, 4.69) is 48.0 Å². The molecule has 3 rings (SSSR count). The first-order valence-corrected chi connectivity index (χ1v) is 7.25. The van der Waals surface area contributed by atoms with E-state index in [9.17, 15) is 0 Å². The maximum Gasteiger partial charge on any atom is 0.262 e. The molecule has 2 aromatic carbocycles. The number of halogens is 1. The van der Waals surface area contributed by atoms with Gasteiger partial charge in [0.2, 0.25) is 5.52 Å². The van der Waals surface area contributed by atoms with Crippen LogP contribution >= 0.6 is 22.9 Å². The Balaban J connectivity index is 1.97. The topological polar surface area (TPSA) is 3.88 Å². The summed E-state index contributed by atoms with van der Waals surface area (Å²) in [5.41, 5.74) is 2.42. The Bertz CT molecular complexity index is 741. The number of aryl methyl sites for hydroxylation is 1. The molecule has 0 aliphatic carbocycles. The van der Waals surface area contributed by atoms with Gasteiger partial charge in [0, 0.05) is 17.2 Å². The first-order chi connectivity index (χ1) is 9.24. The normalized spacial score (nSPS) is 11.5. The zero-order chi connectivity index (χ0) is 13.2. The van der Waals surface area contributed by atoms with Gasteiger partial charge in [-0.3, -0.25) is 0 Å². The quantitative estimate of drug-likeness (QED) is 0.609. The van der Waals surface area contributed by atoms with E-state index in [4.69, 9.17) is 11.6 Å². The van der Waals surface area contributed by atoms with Crippen LogP contribution in [0.25, 0.3) is 22.4 Å². The third-order valence-corrected chi connectivity index (χ3v) is 4.50. The summed E-state index contributed by atoms with van der Waals surface area (Å²) in [4.78, 5) is 0. The number of rotatable bonds is 2. The monoisotopic (exact) mass is 286 g/mol. The number of hydrogen-bond donors (Lipinski definition) is 0. The van der Waals surface area contributed by atoms with Crippen molar-refractivity contribution in [2.45, 2.75) is 0 Å². The molecule has 0 radical (unpaired) electrons. The van der Waals surface area contributed by atoms with Gasteiger partial charge in [-0.25, -0.2) is 0 Å². The SMILES string of the molecule is C[n+]1c(/C=C\c2ccc(Cl)cc2)sc2ccccc21. The van der Waals surface area contributed by atoms with Gasteiger partial charge in [0.05, 0.1) is 0 Å². The van der Waals surface area contributed by atoms with Crippen LogP contribution in [0, 0.1) is 0 Å². The molecule has 94 valence electrons. The third kappa shape index (κ3) is 2.55. The fourth-order valence-electron chi connectivity index (χ4n) is 2.01. The van der Waals surface area contributed by atoms with Crippen molar-refractivity contribution in [1.82, 2.24) is 0 Å². The summed E-state index contributed by atoms with van der Waals surface area (Å²) < 4.78 is 3.52. The van der Waals surface area contributed by atoms with Gasteiger partial charge < -0.3 is 0 Å². The molecule has 0 saturated heterocycles. The first kappa shape index (κ1) is 12.4. The van der Waals surface area contributed by atoms with E-state index in [1.165, 1.54) is 15.2 Å². The molecule has 3 aromatic rings. The lowest BCUT2D eigenvalue weighted by Crippen LogP contribution is -2.28. The Kier molecular flexibility index (Phi) is 3.36. The van der Waals surface area contributed by atoms with Gasteiger partial charge in [-0.1, -0.05) is 47.2 Å². The Hall–Kier alpha value is -1.64. The molecule has 0 aliphatic heterocycles. The van der Waals surface area contributed by atoms with E-state index in [1.807, 2.05) is 24.3 Å². The van der Waals surface area contributed by atoms with Crippen molar-refractivity contribution in [2.24, 2.45) is 7.05 Å². The molecule has 1 nitrogen and oxygen atoms in total. The lowest BCUT2D eigenvalue weighted by Gasteiger charge is -1.92. The predicted molar refractivity (Wildman–Crippen MR) is 83.4 cm³/mol. The Morgan fingerprint density at radius 3 is 2.47 bits per heavy atom. The lowest BCUT2D eigenvalue weighted by molar-refractivity contribution is -0.642. The highest BCUT2D eigenvalue weighted by atomic mass is 35.5. The van der Waals surface area contributed by atoms with E-state index in [0.29, 0.717) is 0 Å². The van der Waals surface area contributed by atoms with Gasteiger partial charge in [0.1, 0.15) is 11.7 Å². The van der Waals surface area contributed by atoms with Crippen molar-refractivity contribution in [1.29, 1.82) is 0 Å². The van der Waals surface area contributed by atoms with Crippen LogP contribution < -0.4 is 4.57 Å². The number of thiazole rings is 1. The second-order valence-corrected chi connectivity index (χ2v) is 5.85. The smallest absolute Gasteiger partial charge is 0.185 e. The minimum atomic E-state index is 0.768. The summed E-state index contributed by atoms with van der Waals surface area (Å²) in [6.07, 6.45) is 4.26. The van der Waals surface area contributed by atoms with Crippen LogP contribution in [-0.2, 0) is 7.05 Å². The molecular weight excluding hydrogens is 274 g/mol. The van der Waals surface area contributed by atoms with E-state index in [0.717, 1.165) is 10.6 Å². The largest absolute Gasteiger partial charge is 0.262 e. The maximum absolute atomic E-state index is 5.88. The molecule has 0 bridgehead atoms. The first-order valence-electron chi connectivity index (χ1n) is 6.05.